The number of methoxy groups -OCH3 is 1. The van der Waals surface area contributed by atoms with Gasteiger partial charge in [-0.05, 0) is 67.9 Å². The number of carbonyl (C=O) groups excluding carboxylic acids is 2. The average Bonchev–Trinajstić information content (AvgIpc) is 3.37. The molecule has 1 aliphatic heterocycles. The van der Waals surface area contributed by atoms with E-state index in [-0.39, 0.29) is 29.0 Å². The normalized spacial score (nSPS) is 17.1. The second-order valence-electron chi connectivity index (χ2n) is 7.73. The Morgan fingerprint density at radius 3 is 2.34 bits per heavy atom. The Balaban J connectivity index is 1.66. The van der Waals surface area contributed by atoms with Crippen molar-refractivity contribution in [3.05, 3.63) is 65.9 Å². The molecule has 0 radical (unpaired) electrons. The number of ether oxygens (including phenoxy) is 1. The predicted molar refractivity (Wildman–Crippen MR) is 121 cm³/mol. The summed E-state index contributed by atoms with van der Waals surface area (Å²) < 4.78 is 30.9. The van der Waals surface area contributed by atoms with Gasteiger partial charge in [-0.25, -0.2) is 8.42 Å². The van der Waals surface area contributed by atoms with Gasteiger partial charge in [0.2, 0.25) is 0 Å². The first kappa shape index (κ1) is 21.8. The summed E-state index contributed by atoms with van der Waals surface area (Å²) in [5, 5.41) is 7.25. The minimum absolute atomic E-state index is 0.00853. The number of sulfone groups is 1. The summed E-state index contributed by atoms with van der Waals surface area (Å²) in [6.07, 6.45) is 0.445. The van der Waals surface area contributed by atoms with Crippen LogP contribution in [0.25, 0.3) is 11.3 Å². The molecule has 4 rings (SSSR count). The van der Waals surface area contributed by atoms with Gasteiger partial charge in [0.15, 0.2) is 21.3 Å². The lowest BCUT2D eigenvalue weighted by Crippen LogP contribution is -2.16. The molecule has 32 heavy (non-hydrogen) atoms. The van der Waals surface area contributed by atoms with Crippen molar-refractivity contribution >= 4 is 27.2 Å². The minimum Gasteiger partial charge on any atom is -0.497 e. The smallest absolute Gasteiger partial charge is 0.276 e. The molecule has 2 aromatic carbocycles. The fourth-order valence-electron chi connectivity index (χ4n) is 3.71. The maximum absolute atomic E-state index is 12.9. The highest BCUT2D eigenvalue weighted by atomic mass is 32.2. The van der Waals surface area contributed by atoms with Gasteiger partial charge in [0.25, 0.3) is 5.91 Å². The molecule has 9 heteroatoms. The molecule has 1 amide bonds. The molecule has 1 aliphatic rings. The Labute approximate surface area is 186 Å². The van der Waals surface area contributed by atoms with E-state index in [9.17, 15) is 18.0 Å². The van der Waals surface area contributed by atoms with E-state index in [1.807, 2.05) is 12.1 Å². The van der Waals surface area contributed by atoms with Gasteiger partial charge in [0.05, 0.1) is 30.4 Å². The number of amides is 1. The highest BCUT2D eigenvalue weighted by Gasteiger charge is 2.32. The minimum atomic E-state index is -3.13. The zero-order valence-corrected chi connectivity index (χ0v) is 18.6. The largest absolute Gasteiger partial charge is 0.497 e. The lowest BCUT2D eigenvalue weighted by atomic mass is 10.1. The lowest BCUT2D eigenvalue weighted by Gasteiger charge is -2.13. The van der Waals surface area contributed by atoms with E-state index in [4.69, 9.17) is 4.74 Å². The van der Waals surface area contributed by atoms with Crippen LogP contribution in [0.5, 0.6) is 5.75 Å². The van der Waals surface area contributed by atoms with Crippen LogP contribution in [0.15, 0.2) is 54.6 Å². The molecule has 1 aromatic heterocycles. The molecule has 8 nitrogen and oxygen atoms in total. The first-order valence-electron chi connectivity index (χ1n) is 10.1. The number of nitrogens with one attached hydrogen (secondary N) is 1. The van der Waals surface area contributed by atoms with Crippen LogP contribution in [0.2, 0.25) is 0 Å². The Morgan fingerprint density at radius 2 is 1.78 bits per heavy atom. The van der Waals surface area contributed by atoms with Crippen molar-refractivity contribution < 1.29 is 22.7 Å². The maximum atomic E-state index is 12.9. The summed E-state index contributed by atoms with van der Waals surface area (Å²) in [5.74, 6) is 0.303. The fourth-order valence-corrected chi connectivity index (χ4v) is 5.40. The predicted octanol–water partition coefficient (Wildman–Crippen LogP) is 3.37. The highest BCUT2D eigenvalue weighted by Crippen LogP contribution is 2.31. The fraction of sp³-hybridized carbons (Fsp3) is 0.261. The molecule has 1 saturated heterocycles. The van der Waals surface area contributed by atoms with Crippen LogP contribution >= 0.6 is 0 Å². The first-order valence-corrected chi connectivity index (χ1v) is 11.9. The molecular weight excluding hydrogens is 430 g/mol. The molecule has 0 spiro atoms. The van der Waals surface area contributed by atoms with E-state index in [0.29, 0.717) is 29.1 Å². The molecular formula is C23H23N3O5S. The summed E-state index contributed by atoms with van der Waals surface area (Å²) in [5.41, 5.74) is 2.72. The van der Waals surface area contributed by atoms with E-state index < -0.39 is 15.7 Å². The van der Waals surface area contributed by atoms with Crippen LogP contribution < -0.4 is 10.1 Å². The van der Waals surface area contributed by atoms with Gasteiger partial charge in [-0.1, -0.05) is 0 Å². The van der Waals surface area contributed by atoms with Crippen LogP contribution in [-0.2, 0) is 9.84 Å². The van der Waals surface area contributed by atoms with E-state index >= 15 is 0 Å². The summed E-state index contributed by atoms with van der Waals surface area (Å²) in [4.78, 5) is 24.3. The average molecular weight is 454 g/mol. The quantitative estimate of drug-likeness (QED) is 0.574. The van der Waals surface area contributed by atoms with Crippen molar-refractivity contribution in [2.24, 2.45) is 0 Å². The topological polar surface area (TPSA) is 107 Å². The lowest BCUT2D eigenvalue weighted by molar-refractivity contribution is 0.101. The van der Waals surface area contributed by atoms with Crippen molar-refractivity contribution in [3.8, 4) is 17.0 Å². The van der Waals surface area contributed by atoms with Crippen LogP contribution in [0.1, 0.15) is 40.2 Å². The summed E-state index contributed by atoms with van der Waals surface area (Å²) in [6.45, 7) is 1.48. The third-order valence-electron chi connectivity index (χ3n) is 5.46. The van der Waals surface area contributed by atoms with Crippen molar-refractivity contribution in [2.45, 2.75) is 19.4 Å². The van der Waals surface area contributed by atoms with Crippen LogP contribution in [0, 0.1) is 0 Å². The van der Waals surface area contributed by atoms with Gasteiger partial charge < -0.3 is 10.1 Å². The zero-order chi connectivity index (χ0) is 22.9. The molecule has 166 valence electrons. The first-order chi connectivity index (χ1) is 15.3. The molecule has 2 heterocycles. The Kier molecular flexibility index (Phi) is 5.84. The number of aromatic nitrogens is 2. The molecule has 0 saturated carbocycles. The van der Waals surface area contributed by atoms with Crippen LogP contribution in [0.3, 0.4) is 0 Å². The van der Waals surface area contributed by atoms with Gasteiger partial charge in [-0.15, -0.1) is 0 Å². The third kappa shape index (κ3) is 4.57. The van der Waals surface area contributed by atoms with Gasteiger partial charge in [0, 0.05) is 16.8 Å². The number of anilines is 1. The second-order valence-corrected chi connectivity index (χ2v) is 9.96. The summed E-state index contributed by atoms with van der Waals surface area (Å²) >= 11 is 0. The van der Waals surface area contributed by atoms with Gasteiger partial charge in [0.1, 0.15) is 5.75 Å². The zero-order valence-electron chi connectivity index (χ0n) is 17.7. The number of ketones is 1. The van der Waals surface area contributed by atoms with E-state index in [1.54, 1.807) is 54.3 Å². The van der Waals surface area contributed by atoms with Crippen LogP contribution in [-0.4, -0.2) is 48.5 Å². The van der Waals surface area contributed by atoms with Crippen molar-refractivity contribution in [1.82, 2.24) is 9.78 Å². The molecule has 1 fully saturated rings. The molecule has 0 aliphatic carbocycles. The molecule has 0 unspecified atom stereocenters. The van der Waals surface area contributed by atoms with Crippen molar-refractivity contribution in [3.63, 3.8) is 0 Å². The number of benzene rings is 2. The van der Waals surface area contributed by atoms with Crippen molar-refractivity contribution in [1.29, 1.82) is 0 Å². The highest BCUT2D eigenvalue weighted by molar-refractivity contribution is 7.91. The van der Waals surface area contributed by atoms with E-state index in [2.05, 4.69) is 10.4 Å². The molecule has 0 bridgehead atoms. The number of rotatable bonds is 6. The number of hydrogen-bond acceptors (Lipinski definition) is 6. The number of hydrogen-bond donors (Lipinski definition) is 1. The molecule has 3 aromatic rings. The summed E-state index contributed by atoms with van der Waals surface area (Å²) in [6, 6.07) is 15.2. The monoisotopic (exact) mass is 453 g/mol. The maximum Gasteiger partial charge on any atom is 0.276 e. The standard InChI is InChI=1S/C23H23N3O5S/c1-15(27)16-3-7-18(8-4-16)24-23(28)21-13-22(17-5-9-20(31-2)10-6-17)26(25-21)19-11-12-32(29,30)14-19/h3-10,13,19H,11-12,14H2,1-2H3,(H,24,28)/t19-/m0/s1. The number of Topliss-reactive ketones (excluding diaryl/α,β-unsaturated/α-hetero) is 1. The van der Waals surface area contributed by atoms with E-state index in [1.165, 1.54) is 6.92 Å². The number of nitrogens with zero attached hydrogens (tertiary/aromatic N) is 2. The van der Waals surface area contributed by atoms with E-state index in [0.717, 1.165) is 5.56 Å². The summed E-state index contributed by atoms with van der Waals surface area (Å²) in [7, 11) is -1.56. The second kappa shape index (κ2) is 8.58. The van der Waals surface area contributed by atoms with Crippen molar-refractivity contribution in [2.75, 3.05) is 23.9 Å². The van der Waals surface area contributed by atoms with Crippen LogP contribution in [0.4, 0.5) is 5.69 Å². The molecule has 1 atom stereocenters. The Bertz CT molecular complexity index is 1260. The Morgan fingerprint density at radius 1 is 1.09 bits per heavy atom. The van der Waals surface area contributed by atoms with Gasteiger partial charge >= 0.3 is 0 Å². The van der Waals surface area contributed by atoms with Gasteiger partial charge in [-0.3, -0.25) is 14.3 Å². The van der Waals surface area contributed by atoms with Gasteiger partial charge in [-0.2, -0.15) is 5.10 Å². The molecule has 1 N–H and O–H groups in total. The SMILES string of the molecule is COc1ccc(-c2cc(C(=O)Nc3ccc(C(C)=O)cc3)nn2[C@H]2CCS(=O)(=O)C2)cc1. The Hall–Kier alpha value is -3.46. The number of carbonyl (C=O) groups is 2. The third-order valence-corrected chi connectivity index (χ3v) is 7.21.